The molecule has 1 aliphatic rings. The van der Waals surface area contributed by atoms with Crippen molar-refractivity contribution in [3.8, 4) is 0 Å². The van der Waals surface area contributed by atoms with Gasteiger partial charge in [0.2, 0.25) is 0 Å². The van der Waals surface area contributed by atoms with Crippen molar-refractivity contribution in [2.45, 2.75) is 12.8 Å². The van der Waals surface area contributed by atoms with Gasteiger partial charge in [-0.3, -0.25) is 0 Å². The average molecular weight is 208 g/mol. The fourth-order valence-electron chi connectivity index (χ4n) is 1.85. The van der Waals surface area contributed by atoms with Gasteiger partial charge in [-0.1, -0.05) is 30.3 Å². The Morgan fingerprint density at radius 1 is 1.21 bits per heavy atom. The third kappa shape index (κ3) is 1.87. The molecule has 0 radical (unpaired) electrons. The van der Waals surface area contributed by atoms with Crippen LogP contribution in [0.3, 0.4) is 0 Å². The fourth-order valence-corrected chi connectivity index (χ4v) is 2.43. The van der Waals surface area contributed by atoms with Gasteiger partial charge in [0, 0.05) is 0 Å². The van der Waals surface area contributed by atoms with Crippen molar-refractivity contribution in [3.63, 3.8) is 0 Å². The zero-order valence-corrected chi connectivity index (χ0v) is 8.67. The minimum Gasteiger partial charge on any atom is -0.232 e. The Balaban J connectivity index is 2.40. The van der Waals surface area contributed by atoms with Gasteiger partial charge >= 0.3 is 0 Å². The van der Waals surface area contributed by atoms with Crippen LogP contribution in [0, 0.1) is 0 Å². The topological polar surface area (TPSA) is 34.1 Å². The van der Waals surface area contributed by atoms with Crippen molar-refractivity contribution in [3.05, 3.63) is 41.5 Å². The van der Waals surface area contributed by atoms with Crippen LogP contribution in [0.5, 0.6) is 0 Å². The molecule has 0 aromatic heterocycles. The van der Waals surface area contributed by atoms with Gasteiger partial charge in [-0.2, -0.15) is 0 Å². The first-order valence-electron chi connectivity index (χ1n) is 4.66. The second-order valence-electron chi connectivity index (χ2n) is 3.42. The Bertz CT molecular complexity index is 436. The van der Waals surface area contributed by atoms with Crippen molar-refractivity contribution >= 4 is 16.3 Å². The lowest BCUT2D eigenvalue weighted by Gasteiger charge is -2.15. The van der Waals surface area contributed by atoms with E-state index in [1.54, 1.807) is 0 Å². The predicted molar refractivity (Wildman–Crippen MR) is 57.9 cm³/mol. The summed E-state index contributed by atoms with van der Waals surface area (Å²) >= 11 is 0. The van der Waals surface area contributed by atoms with Gasteiger partial charge in [-0.15, -0.1) is 0 Å². The molecule has 2 rings (SSSR count). The van der Waals surface area contributed by atoms with Crippen LogP contribution in [0.15, 0.2) is 30.3 Å². The predicted octanol–water partition coefficient (Wildman–Crippen LogP) is 1.63. The van der Waals surface area contributed by atoms with Gasteiger partial charge < -0.3 is 0 Å². The molecule has 0 heterocycles. The van der Waals surface area contributed by atoms with E-state index < -0.39 is 10.7 Å². The molecule has 1 aromatic carbocycles. The van der Waals surface area contributed by atoms with Crippen LogP contribution in [0.4, 0.5) is 0 Å². The maximum Gasteiger partial charge on any atom is 0.144 e. The highest BCUT2D eigenvalue weighted by molar-refractivity contribution is 7.72. The fraction of sp³-hybridized carbons (Fsp3) is 0.273. The first-order valence-corrected chi connectivity index (χ1v) is 6.03. The van der Waals surface area contributed by atoms with Crippen LogP contribution in [-0.4, -0.2) is 14.2 Å². The molecule has 0 saturated heterocycles. The first-order chi connectivity index (χ1) is 6.77. The molecule has 0 unspecified atom stereocenters. The molecule has 0 bridgehead atoms. The normalized spacial score (nSPS) is 15.1. The summed E-state index contributed by atoms with van der Waals surface area (Å²) < 4.78 is 21.3. The standard InChI is InChI=1S/C11H12O2S/c12-14(13)8-10-6-3-5-9-4-1-2-7-11(9)10/h1-2,4,6-7,14H,3,5,8H2. The highest BCUT2D eigenvalue weighted by atomic mass is 32.2. The van der Waals surface area contributed by atoms with Crippen LogP contribution in [0.1, 0.15) is 17.5 Å². The van der Waals surface area contributed by atoms with Crippen molar-refractivity contribution in [1.82, 2.24) is 0 Å². The van der Waals surface area contributed by atoms with E-state index in [2.05, 4.69) is 6.07 Å². The Morgan fingerprint density at radius 3 is 2.79 bits per heavy atom. The highest BCUT2D eigenvalue weighted by Crippen LogP contribution is 2.25. The molecule has 3 heteroatoms. The van der Waals surface area contributed by atoms with Crippen molar-refractivity contribution < 1.29 is 8.42 Å². The summed E-state index contributed by atoms with van der Waals surface area (Å²) in [5, 5.41) is 0. The molecule has 1 aromatic rings. The monoisotopic (exact) mass is 208 g/mol. The van der Waals surface area contributed by atoms with E-state index in [1.165, 1.54) is 5.56 Å². The maximum atomic E-state index is 10.7. The van der Waals surface area contributed by atoms with E-state index in [9.17, 15) is 8.42 Å². The van der Waals surface area contributed by atoms with E-state index in [0.29, 0.717) is 0 Å². The quantitative estimate of drug-likeness (QED) is 0.749. The second kappa shape index (κ2) is 3.96. The number of benzene rings is 1. The maximum absolute atomic E-state index is 10.7. The molecule has 0 N–H and O–H groups in total. The van der Waals surface area contributed by atoms with Gasteiger partial charge in [-0.05, 0) is 29.5 Å². The van der Waals surface area contributed by atoms with Gasteiger partial charge in [0.1, 0.15) is 10.7 Å². The molecule has 74 valence electrons. The SMILES string of the molecule is O=[SH](=O)CC1=CCCc2ccccc21. The first kappa shape index (κ1) is 9.46. The van der Waals surface area contributed by atoms with E-state index in [1.807, 2.05) is 24.3 Å². The minimum atomic E-state index is -2.32. The lowest BCUT2D eigenvalue weighted by atomic mass is 9.92. The van der Waals surface area contributed by atoms with E-state index >= 15 is 0 Å². The van der Waals surface area contributed by atoms with E-state index in [4.69, 9.17) is 0 Å². The molecule has 0 fully saturated rings. The molecule has 0 aliphatic heterocycles. The van der Waals surface area contributed by atoms with Crippen LogP contribution in [0.2, 0.25) is 0 Å². The number of hydrogen-bond donors (Lipinski definition) is 1. The molecule has 0 atom stereocenters. The Hall–Kier alpha value is -1.09. The highest BCUT2D eigenvalue weighted by Gasteiger charge is 2.11. The summed E-state index contributed by atoms with van der Waals surface area (Å²) in [6.45, 7) is 0. The Morgan fingerprint density at radius 2 is 2.00 bits per heavy atom. The number of rotatable bonds is 2. The van der Waals surface area contributed by atoms with Gasteiger partial charge in [-0.25, -0.2) is 8.42 Å². The lowest BCUT2D eigenvalue weighted by Crippen LogP contribution is -2.03. The summed E-state index contributed by atoms with van der Waals surface area (Å²) in [6, 6.07) is 8.02. The molecular weight excluding hydrogens is 196 g/mol. The molecule has 14 heavy (non-hydrogen) atoms. The van der Waals surface area contributed by atoms with Crippen LogP contribution < -0.4 is 0 Å². The van der Waals surface area contributed by atoms with Crippen molar-refractivity contribution in [2.75, 3.05) is 5.75 Å². The number of thiol groups is 1. The summed E-state index contributed by atoms with van der Waals surface area (Å²) in [4.78, 5) is 0. The van der Waals surface area contributed by atoms with E-state index in [-0.39, 0.29) is 5.75 Å². The molecule has 1 aliphatic carbocycles. The smallest absolute Gasteiger partial charge is 0.144 e. The number of aryl methyl sites for hydroxylation is 1. The van der Waals surface area contributed by atoms with Crippen LogP contribution >= 0.6 is 0 Å². The number of allylic oxidation sites excluding steroid dienone is 1. The zero-order chi connectivity index (χ0) is 9.97. The largest absolute Gasteiger partial charge is 0.232 e. The van der Waals surface area contributed by atoms with E-state index in [0.717, 1.165) is 24.0 Å². The van der Waals surface area contributed by atoms with Crippen molar-refractivity contribution in [2.24, 2.45) is 0 Å². The Labute approximate surface area is 85.2 Å². The third-order valence-corrected chi connectivity index (χ3v) is 3.07. The number of hydrogen-bond acceptors (Lipinski definition) is 2. The van der Waals surface area contributed by atoms with Crippen molar-refractivity contribution in [1.29, 1.82) is 0 Å². The summed E-state index contributed by atoms with van der Waals surface area (Å²) in [5.74, 6) is 0.173. The van der Waals surface area contributed by atoms with Gasteiger partial charge in [0.05, 0.1) is 5.75 Å². The van der Waals surface area contributed by atoms with Crippen LogP contribution in [-0.2, 0) is 17.1 Å². The minimum absolute atomic E-state index is 0.173. The second-order valence-corrected chi connectivity index (χ2v) is 4.40. The lowest BCUT2D eigenvalue weighted by molar-refractivity contribution is 0.617. The van der Waals surface area contributed by atoms with Gasteiger partial charge in [0.25, 0.3) is 0 Å². The summed E-state index contributed by atoms with van der Waals surface area (Å²) in [7, 11) is -2.32. The summed E-state index contributed by atoms with van der Waals surface area (Å²) in [5.41, 5.74) is 3.34. The summed E-state index contributed by atoms with van der Waals surface area (Å²) in [6.07, 6.45) is 4.01. The third-order valence-electron chi connectivity index (χ3n) is 2.47. The van der Waals surface area contributed by atoms with Gasteiger partial charge in [0.15, 0.2) is 0 Å². The average Bonchev–Trinajstić information content (AvgIpc) is 2.18. The molecule has 2 nitrogen and oxygen atoms in total. The molecule has 0 spiro atoms. The Kier molecular flexibility index (Phi) is 2.68. The molecule has 0 amide bonds. The molecule has 0 saturated carbocycles. The number of fused-ring (bicyclic) bond motifs is 1. The molecular formula is C11H12O2S. The van der Waals surface area contributed by atoms with Crippen LogP contribution in [0.25, 0.3) is 5.57 Å². The zero-order valence-electron chi connectivity index (χ0n) is 7.77.